The third-order valence-electron chi connectivity index (χ3n) is 5.94. The number of nitrogens with zero attached hydrogens (tertiary/aromatic N) is 3. The molecule has 10 heteroatoms. The molecule has 1 aromatic heterocycles. The number of pyridine rings is 1. The first kappa shape index (κ1) is 27.6. The molecule has 1 N–H and O–H groups in total. The van der Waals surface area contributed by atoms with Gasteiger partial charge in [-0.25, -0.2) is 18.2 Å². The first-order valence-corrected chi connectivity index (χ1v) is 13.4. The Hall–Kier alpha value is -4.41. The SMILES string of the molecule is COc1ccc(S(=O)(=O)N(Cc2ccc(C(=O)N/N=C(\C)c3ccccc3F)cc2)Cc2cccnc2)cc1. The molecule has 0 aliphatic rings. The lowest BCUT2D eigenvalue weighted by Gasteiger charge is -2.22. The average Bonchev–Trinajstić information content (AvgIpc) is 2.96. The number of rotatable bonds is 10. The van der Waals surface area contributed by atoms with Gasteiger partial charge >= 0.3 is 0 Å². The normalized spacial score (nSPS) is 11.8. The number of hydrogen-bond donors (Lipinski definition) is 1. The number of sulfonamides is 1. The van der Waals surface area contributed by atoms with Gasteiger partial charge in [0.25, 0.3) is 5.91 Å². The summed E-state index contributed by atoms with van der Waals surface area (Å²) in [6, 6.07) is 22.4. The number of hydrogen-bond acceptors (Lipinski definition) is 6. The van der Waals surface area contributed by atoms with Crippen molar-refractivity contribution in [2.75, 3.05) is 7.11 Å². The summed E-state index contributed by atoms with van der Waals surface area (Å²) in [4.78, 5) is 16.8. The van der Waals surface area contributed by atoms with E-state index in [2.05, 4.69) is 15.5 Å². The van der Waals surface area contributed by atoms with Gasteiger partial charge in [0.1, 0.15) is 11.6 Å². The predicted molar refractivity (Wildman–Crippen MR) is 146 cm³/mol. The first-order valence-electron chi connectivity index (χ1n) is 12.0. The van der Waals surface area contributed by atoms with Crippen LogP contribution < -0.4 is 10.2 Å². The summed E-state index contributed by atoms with van der Waals surface area (Å²) in [6.07, 6.45) is 3.24. The van der Waals surface area contributed by atoms with Crippen molar-refractivity contribution in [3.63, 3.8) is 0 Å². The summed E-state index contributed by atoms with van der Waals surface area (Å²) < 4.78 is 47.6. The molecule has 0 radical (unpaired) electrons. The molecule has 4 aromatic rings. The molecule has 0 fully saturated rings. The van der Waals surface area contributed by atoms with E-state index in [1.54, 1.807) is 86.0 Å². The lowest BCUT2D eigenvalue weighted by molar-refractivity contribution is 0.0954. The van der Waals surface area contributed by atoms with Crippen LogP contribution in [0.3, 0.4) is 0 Å². The number of halogens is 1. The van der Waals surface area contributed by atoms with Gasteiger partial charge in [0.05, 0.1) is 17.7 Å². The average molecular weight is 547 g/mol. The number of hydrazone groups is 1. The quantitative estimate of drug-likeness (QED) is 0.228. The molecule has 3 aromatic carbocycles. The standard InChI is InChI=1S/C29H27FN4O4S/c1-21(27-7-3-4-8-28(27)30)32-33-29(35)24-11-9-22(10-12-24)19-34(20-23-6-5-17-31-18-23)39(36,37)26-15-13-25(38-2)14-16-26/h3-18H,19-20H2,1-2H3,(H,33,35)/b32-21+. The van der Waals surface area contributed by atoms with Gasteiger partial charge in [-0.05, 0) is 66.6 Å². The van der Waals surface area contributed by atoms with E-state index in [1.807, 2.05) is 0 Å². The number of benzene rings is 3. The van der Waals surface area contributed by atoms with Crippen molar-refractivity contribution in [2.45, 2.75) is 24.9 Å². The lowest BCUT2D eigenvalue weighted by atomic mass is 10.1. The minimum Gasteiger partial charge on any atom is -0.497 e. The molecule has 0 saturated carbocycles. The third-order valence-corrected chi connectivity index (χ3v) is 7.75. The smallest absolute Gasteiger partial charge is 0.271 e. The van der Waals surface area contributed by atoms with Gasteiger partial charge in [-0.15, -0.1) is 0 Å². The van der Waals surface area contributed by atoms with Gasteiger partial charge in [0.15, 0.2) is 0 Å². The van der Waals surface area contributed by atoms with Crippen LogP contribution in [0, 0.1) is 5.82 Å². The maximum atomic E-state index is 14.0. The van der Waals surface area contributed by atoms with Crippen molar-refractivity contribution in [1.29, 1.82) is 0 Å². The van der Waals surface area contributed by atoms with E-state index < -0.39 is 21.7 Å². The van der Waals surface area contributed by atoms with Gasteiger partial charge in [-0.1, -0.05) is 36.4 Å². The van der Waals surface area contributed by atoms with Crippen LogP contribution in [-0.4, -0.2) is 36.4 Å². The Morgan fingerprint density at radius 1 is 0.949 bits per heavy atom. The zero-order valence-corrected chi connectivity index (χ0v) is 22.2. The topological polar surface area (TPSA) is 101 Å². The van der Waals surface area contributed by atoms with Gasteiger partial charge in [-0.3, -0.25) is 9.78 Å². The highest BCUT2D eigenvalue weighted by atomic mass is 32.2. The Morgan fingerprint density at radius 2 is 1.64 bits per heavy atom. The van der Waals surface area contributed by atoms with E-state index in [4.69, 9.17) is 4.74 Å². The van der Waals surface area contributed by atoms with Gasteiger partial charge in [-0.2, -0.15) is 9.41 Å². The number of aromatic nitrogens is 1. The minimum absolute atomic E-state index is 0.0652. The van der Waals surface area contributed by atoms with E-state index >= 15 is 0 Å². The summed E-state index contributed by atoms with van der Waals surface area (Å²) in [6.45, 7) is 1.77. The Bertz CT molecular complexity index is 1560. The Kier molecular flexibility index (Phi) is 8.80. The molecule has 0 spiro atoms. The zero-order chi connectivity index (χ0) is 27.8. The Labute approximate surface area is 226 Å². The number of ether oxygens (including phenoxy) is 1. The maximum Gasteiger partial charge on any atom is 0.271 e. The maximum absolute atomic E-state index is 14.0. The summed E-state index contributed by atoms with van der Waals surface area (Å²) in [5.74, 6) is -0.358. The highest BCUT2D eigenvalue weighted by Crippen LogP contribution is 2.23. The molecule has 0 aliphatic carbocycles. The van der Waals surface area contributed by atoms with Crippen LogP contribution in [0.4, 0.5) is 4.39 Å². The first-order chi connectivity index (χ1) is 18.8. The molecule has 0 saturated heterocycles. The third kappa shape index (κ3) is 6.92. The summed E-state index contributed by atoms with van der Waals surface area (Å²) >= 11 is 0. The predicted octanol–water partition coefficient (Wildman–Crippen LogP) is 4.77. The van der Waals surface area contributed by atoms with Crippen LogP contribution in [0.1, 0.15) is 34.0 Å². The zero-order valence-electron chi connectivity index (χ0n) is 21.4. The van der Waals surface area contributed by atoms with Crippen LogP contribution in [0.15, 0.2) is 107 Å². The fourth-order valence-electron chi connectivity index (χ4n) is 3.80. The number of carbonyl (C=O) groups is 1. The van der Waals surface area contributed by atoms with Crippen molar-refractivity contribution in [1.82, 2.24) is 14.7 Å². The molecule has 0 aliphatic heterocycles. The van der Waals surface area contributed by atoms with Crippen molar-refractivity contribution < 1.29 is 22.3 Å². The molecule has 1 amide bonds. The van der Waals surface area contributed by atoms with E-state index in [1.165, 1.54) is 29.6 Å². The molecule has 200 valence electrons. The van der Waals surface area contributed by atoms with Crippen LogP contribution in [0.2, 0.25) is 0 Å². The molecule has 39 heavy (non-hydrogen) atoms. The molecular weight excluding hydrogens is 519 g/mol. The van der Waals surface area contributed by atoms with Crippen molar-refractivity contribution in [3.05, 3.63) is 125 Å². The molecular formula is C29H27FN4O4S. The number of amides is 1. The molecule has 0 unspecified atom stereocenters. The van der Waals surface area contributed by atoms with E-state index in [0.717, 1.165) is 5.56 Å². The van der Waals surface area contributed by atoms with Crippen molar-refractivity contribution >= 4 is 21.6 Å². The summed E-state index contributed by atoms with van der Waals surface area (Å²) in [5, 5.41) is 4.00. The highest BCUT2D eigenvalue weighted by molar-refractivity contribution is 7.89. The second-order valence-corrected chi connectivity index (χ2v) is 10.6. The second kappa shape index (κ2) is 12.4. The Balaban J connectivity index is 1.52. The van der Waals surface area contributed by atoms with Crippen LogP contribution in [0.25, 0.3) is 0 Å². The molecule has 0 atom stereocenters. The minimum atomic E-state index is -3.87. The van der Waals surface area contributed by atoms with Crippen molar-refractivity contribution in [3.8, 4) is 5.75 Å². The monoisotopic (exact) mass is 546 g/mol. The fourth-order valence-corrected chi connectivity index (χ4v) is 5.21. The largest absolute Gasteiger partial charge is 0.497 e. The molecule has 4 rings (SSSR count). The summed E-state index contributed by atoms with van der Waals surface area (Å²) in [7, 11) is -2.36. The van der Waals surface area contributed by atoms with Gasteiger partial charge < -0.3 is 4.74 Å². The van der Waals surface area contributed by atoms with E-state index in [0.29, 0.717) is 28.2 Å². The van der Waals surface area contributed by atoms with Crippen LogP contribution in [0.5, 0.6) is 5.75 Å². The van der Waals surface area contributed by atoms with Gasteiger partial charge in [0, 0.05) is 36.6 Å². The highest BCUT2D eigenvalue weighted by Gasteiger charge is 2.25. The number of carbonyl (C=O) groups excluding carboxylic acids is 1. The van der Waals surface area contributed by atoms with Crippen LogP contribution >= 0.6 is 0 Å². The number of methoxy groups -OCH3 is 1. The van der Waals surface area contributed by atoms with Gasteiger partial charge in [0.2, 0.25) is 10.0 Å². The van der Waals surface area contributed by atoms with Crippen molar-refractivity contribution in [2.24, 2.45) is 5.10 Å². The molecule has 8 nitrogen and oxygen atoms in total. The summed E-state index contributed by atoms with van der Waals surface area (Å²) in [5.41, 5.74) is 4.78. The lowest BCUT2D eigenvalue weighted by Crippen LogP contribution is -2.30. The second-order valence-electron chi connectivity index (χ2n) is 8.62. The Morgan fingerprint density at radius 3 is 2.28 bits per heavy atom. The van der Waals surface area contributed by atoms with Crippen LogP contribution in [-0.2, 0) is 23.1 Å². The number of nitrogens with one attached hydrogen (secondary N) is 1. The van der Waals surface area contributed by atoms with E-state index in [-0.39, 0.29) is 18.0 Å². The van der Waals surface area contributed by atoms with E-state index in [9.17, 15) is 17.6 Å². The molecule has 0 bridgehead atoms. The fraction of sp³-hybridized carbons (Fsp3) is 0.138. The molecule has 1 heterocycles.